The van der Waals surface area contributed by atoms with Gasteiger partial charge in [-0.2, -0.15) is 11.8 Å². The number of hydrogen-bond donors (Lipinski definition) is 2. The quantitative estimate of drug-likeness (QED) is 0.839. The molecule has 1 aromatic carbocycles. The molecule has 1 aromatic rings. The fourth-order valence-corrected chi connectivity index (χ4v) is 3.60. The zero-order chi connectivity index (χ0) is 15.4. The maximum Gasteiger partial charge on any atom is 0.241 e. The third-order valence-electron chi connectivity index (χ3n) is 3.82. The van der Waals surface area contributed by atoms with E-state index in [4.69, 9.17) is 5.73 Å². The predicted octanol–water partition coefficient (Wildman–Crippen LogP) is 2.56. The molecule has 0 bridgehead atoms. The van der Waals surface area contributed by atoms with E-state index in [1.807, 2.05) is 18.7 Å². The van der Waals surface area contributed by atoms with Gasteiger partial charge < -0.3 is 11.1 Å². The molecule has 6 heteroatoms. The Morgan fingerprint density at radius 1 is 1.62 bits per heavy atom. The number of anilines is 2. The van der Waals surface area contributed by atoms with E-state index in [-0.39, 0.29) is 17.6 Å². The monoisotopic (exact) mass is 311 g/mol. The standard InChI is InChI=1S/C15H22FN3OS/c1-3-12-9-19(6-7-21-12)10(2)15(20)18-14-5-4-11(16)8-13(14)17/h4-5,8,10,12H,3,6-7,9,17H2,1-2H3,(H,18,20). The number of benzene rings is 1. The van der Waals surface area contributed by atoms with Crippen molar-refractivity contribution in [1.29, 1.82) is 0 Å². The lowest BCUT2D eigenvalue weighted by molar-refractivity contribution is -0.120. The molecule has 1 aliphatic rings. The molecule has 2 rings (SSSR count). The number of nitrogens with zero attached hydrogens (tertiary/aromatic N) is 1. The van der Waals surface area contributed by atoms with Crippen molar-refractivity contribution < 1.29 is 9.18 Å². The predicted molar refractivity (Wildman–Crippen MR) is 87.0 cm³/mol. The van der Waals surface area contributed by atoms with E-state index >= 15 is 0 Å². The van der Waals surface area contributed by atoms with Crippen LogP contribution in [-0.2, 0) is 4.79 Å². The van der Waals surface area contributed by atoms with Crippen LogP contribution < -0.4 is 11.1 Å². The van der Waals surface area contributed by atoms with E-state index in [0.29, 0.717) is 10.9 Å². The van der Waals surface area contributed by atoms with Crippen LogP contribution in [0.15, 0.2) is 18.2 Å². The Bertz CT molecular complexity index is 512. The highest BCUT2D eigenvalue weighted by atomic mass is 32.2. The second kappa shape index (κ2) is 7.13. The van der Waals surface area contributed by atoms with E-state index in [9.17, 15) is 9.18 Å². The van der Waals surface area contributed by atoms with Gasteiger partial charge in [0.15, 0.2) is 0 Å². The fourth-order valence-electron chi connectivity index (χ4n) is 2.39. The molecular weight excluding hydrogens is 289 g/mol. The minimum atomic E-state index is -0.405. The van der Waals surface area contributed by atoms with Gasteiger partial charge in [-0.1, -0.05) is 6.92 Å². The minimum Gasteiger partial charge on any atom is -0.397 e. The Morgan fingerprint density at radius 2 is 2.38 bits per heavy atom. The number of nitrogens with one attached hydrogen (secondary N) is 1. The van der Waals surface area contributed by atoms with Crippen molar-refractivity contribution in [3.8, 4) is 0 Å². The first kappa shape index (κ1) is 16.1. The second-order valence-corrected chi connectivity index (χ2v) is 6.70. The molecule has 0 aliphatic carbocycles. The van der Waals surface area contributed by atoms with Crippen LogP contribution in [0.5, 0.6) is 0 Å². The smallest absolute Gasteiger partial charge is 0.241 e. The Labute approximate surface area is 129 Å². The summed E-state index contributed by atoms with van der Waals surface area (Å²) >= 11 is 1.97. The Morgan fingerprint density at radius 3 is 3.05 bits per heavy atom. The van der Waals surface area contributed by atoms with Crippen molar-refractivity contribution >= 4 is 29.0 Å². The third kappa shape index (κ3) is 4.11. The molecule has 1 heterocycles. The first-order valence-electron chi connectivity index (χ1n) is 7.22. The minimum absolute atomic E-state index is 0.102. The second-order valence-electron chi connectivity index (χ2n) is 5.29. The Kier molecular flexibility index (Phi) is 5.47. The van der Waals surface area contributed by atoms with E-state index in [1.165, 1.54) is 18.2 Å². The largest absolute Gasteiger partial charge is 0.397 e. The average Bonchev–Trinajstić information content (AvgIpc) is 2.49. The van der Waals surface area contributed by atoms with Gasteiger partial charge in [0, 0.05) is 24.1 Å². The van der Waals surface area contributed by atoms with Crippen molar-refractivity contribution in [3.63, 3.8) is 0 Å². The summed E-state index contributed by atoms with van der Waals surface area (Å²) in [5, 5.41) is 3.38. The molecule has 2 unspecified atom stereocenters. The number of nitrogen functional groups attached to an aromatic ring is 1. The van der Waals surface area contributed by atoms with Gasteiger partial charge in [0.05, 0.1) is 17.4 Å². The molecule has 1 aliphatic heterocycles. The van der Waals surface area contributed by atoms with Crippen LogP contribution >= 0.6 is 11.8 Å². The van der Waals surface area contributed by atoms with Crippen LogP contribution in [-0.4, -0.2) is 40.9 Å². The van der Waals surface area contributed by atoms with Crippen LogP contribution in [0.3, 0.4) is 0 Å². The molecule has 116 valence electrons. The zero-order valence-electron chi connectivity index (χ0n) is 12.4. The number of halogens is 1. The van der Waals surface area contributed by atoms with Crippen LogP contribution in [0.1, 0.15) is 20.3 Å². The summed E-state index contributed by atoms with van der Waals surface area (Å²) in [6.07, 6.45) is 1.11. The summed E-state index contributed by atoms with van der Waals surface area (Å²) in [6, 6.07) is 3.78. The molecule has 0 aromatic heterocycles. The molecular formula is C15H22FN3OS. The van der Waals surface area contributed by atoms with Crippen molar-refractivity contribution in [2.45, 2.75) is 31.6 Å². The lowest BCUT2D eigenvalue weighted by Gasteiger charge is -2.35. The number of thioether (sulfide) groups is 1. The highest BCUT2D eigenvalue weighted by molar-refractivity contribution is 8.00. The topological polar surface area (TPSA) is 58.4 Å². The fraction of sp³-hybridized carbons (Fsp3) is 0.533. The number of amides is 1. The van der Waals surface area contributed by atoms with E-state index < -0.39 is 5.82 Å². The van der Waals surface area contributed by atoms with E-state index in [0.717, 1.165) is 25.3 Å². The molecule has 0 saturated carbocycles. The van der Waals surface area contributed by atoms with Gasteiger partial charge in [0.2, 0.25) is 5.91 Å². The molecule has 1 saturated heterocycles. The van der Waals surface area contributed by atoms with Gasteiger partial charge >= 0.3 is 0 Å². The van der Waals surface area contributed by atoms with Crippen LogP contribution in [0, 0.1) is 5.82 Å². The highest BCUT2D eigenvalue weighted by Crippen LogP contribution is 2.24. The van der Waals surface area contributed by atoms with Gasteiger partial charge in [-0.05, 0) is 31.5 Å². The third-order valence-corrected chi connectivity index (χ3v) is 5.20. The normalized spacial score (nSPS) is 21.0. The van der Waals surface area contributed by atoms with Crippen molar-refractivity contribution in [1.82, 2.24) is 4.90 Å². The molecule has 0 spiro atoms. The number of carbonyl (C=O) groups excluding carboxylic acids is 1. The van der Waals surface area contributed by atoms with Crippen LogP contribution in [0.2, 0.25) is 0 Å². The van der Waals surface area contributed by atoms with Gasteiger partial charge in [0.1, 0.15) is 5.82 Å². The van der Waals surface area contributed by atoms with Crippen molar-refractivity contribution in [3.05, 3.63) is 24.0 Å². The summed E-state index contributed by atoms with van der Waals surface area (Å²) in [5.41, 5.74) is 6.43. The van der Waals surface area contributed by atoms with Crippen molar-refractivity contribution in [2.75, 3.05) is 29.9 Å². The molecule has 0 radical (unpaired) electrons. The number of nitrogens with two attached hydrogens (primary N) is 1. The summed E-state index contributed by atoms with van der Waals surface area (Å²) in [7, 11) is 0. The first-order valence-corrected chi connectivity index (χ1v) is 8.27. The van der Waals surface area contributed by atoms with E-state index in [2.05, 4.69) is 17.1 Å². The van der Waals surface area contributed by atoms with Gasteiger partial charge in [-0.25, -0.2) is 4.39 Å². The summed E-state index contributed by atoms with van der Waals surface area (Å²) in [5.74, 6) is 0.543. The lowest BCUT2D eigenvalue weighted by atomic mass is 10.2. The maximum atomic E-state index is 13.0. The summed E-state index contributed by atoms with van der Waals surface area (Å²) in [6.45, 7) is 5.91. The number of carbonyl (C=O) groups is 1. The number of hydrogen-bond acceptors (Lipinski definition) is 4. The maximum absolute atomic E-state index is 13.0. The highest BCUT2D eigenvalue weighted by Gasteiger charge is 2.27. The van der Waals surface area contributed by atoms with Gasteiger partial charge in [0.25, 0.3) is 0 Å². The lowest BCUT2D eigenvalue weighted by Crippen LogP contribution is -2.48. The average molecular weight is 311 g/mol. The molecule has 3 N–H and O–H groups in total. The Hall–Kier alpha value is -1.27. The first-order chi connectivity index (χ1) is 10.0. The molecule has 4 nitrogen and oxygen atoms in total. The van der Waals surface area contributed by atoms with Gasteiger partial charge in [-0.15, -0.1) is 0 Å². The zero-order valence-corrected chi connectivity index (χ0v) is 13.3. The van der Waals surface area contributed by atoms with E-state index in [1.54, 1.807) is 0 Å². The number of rotatable bonds is 4. The van der Waals surface area contributed by atoms with Crippen molar-refractivity contribution in [2.24, 2.45) is 0 Å². The van der Waals surface area contributed by atoms with Gasteiger partial charge in [-0.3, -0.25) is 9.69 Å². The molecule has 1 fully saturated rings. The summed E-state index contributed by atoms with van der Waals surface area (Å²) < 4.78 is 13.0. The van der Waals surface area contributed by atoms with Crippen LogP contribution in [0.25, 0.3) is 0 Å². The van der Waals surface area contributed by atoms with Crippen LogP contribution in [0.4, 0.5) is 15.8 Å². The summed E-state index contributed by atoms with van der Waals surface area (Å²) in [4.78, 5) is 14.5. The SMILES string of the molecule is CCC1CN(C(C)C(=O)Nc2ccc(F)cc2N)CCS1. The molecule has 2 atom stereocenters. The molecule has 21 heavy (non-hydrogen) atoms. The Balaban J connectivity index is 1.99. The molecule has 1 amide bonds.